The summed E-state index contributed by atoms with van der Waals surface area (Å²) < 4.78 is 0. The third-order valence-corrected chi connectivity index (χ3v) is 5.70. The molecule has 1 amide bonds. The second-order valence-electron chi connectivity index (χ2n) is 7.48. The maximum atomic E-state index is 13.3. The maximum absolute atomic E-state index is 13.3. The molecule has 0 fully saturated rings. The number of hydrogen-bond acceptors (Lipinski definition) is 2. The van der Waals surface area contributed by atoms with Crippen LogP contribution < -0.4 is 4.90 Å². The lowest BCUT2D eigenvalue weighted by Crippen LogP contribution is -2.46. The fourth-order valence-electron chi connectivity index (χ4n) is 4.39. The van der Waals surface area contributed by atoms with Gasteiger partial charge in [0.15, 0.2) is 0 Å². The van der Waals surface area contributed by atoms with Crippen LogP contribution in [0.1, 0.15) is 45.4 Å². The lowest BCUT2D eigenvalue weighted by molar-refractivity contribution is -0.127. The largest absolute Gasteiger partial charge is 0.317 e. The molecule has 0 radical (unpaired) electrons. The van der Waals surface area contributed by atoms with Crippen molar-refractivity contribution in [1.82, 2.24) is 4.90 Å². The van der Waals surface area contributed by atoms with Crippen molar-refractivity contribution in [2.24, 2.45) is 0 Å². The Labute approximate surface area is 162 Å². The highest BCUT2D eigenvalue weighted by Gasteiger charge is 2.42. The van der Waals surface area contributed by atoms with Crippen molar-refractivity contribution in [2.75, 3.05) is 11.4 Å². The number of para-hydroxylation sites is 2. The molecular weight excluding hydrogens is 332 g/mol. The van der Waals surface area contributed by atoms with Gasteiger partial charge >= 0.3 is 0 Å². The van der Waals surface area contributed by atoms with Gasteiger partial charge in [0.2, 0.25) is 0 Å². The van der Waals surface area contributed by atoms with Crippen LogP contribution in [-0.2, 0) is 4.79 Å². The monoisotopic (exact) mass is 360 g/mol. The van der Waals surface area contributed by atoms with Gasteiger partial charge in [-0.1, -0.05) is 49.7 Å². The van der Waals surface area contributed by atoms with E-state index in [9.17, 15) is 4.79 Å². The Kier molecular flexibility index (Phi) is 5.28. The normalized spacial score (nSPS) is 19.4. The van der Waals surface area contributed by atoms with Crippen LogP contribution in [-0.4, -0.2) is 23.5 Å². The average molecular weight is 361 g/mol. The molecule has 0 aromatic heterocycles. The molecule has 140 valence electrons. The van der Waals surface area contributed by atoms with Crippen LogP contribution in [0.2, 0.25) is 0 Å². The van der Waals surface area contributed by atoms with E-state index in [4.69, 9.17) is 0 Å². The van der Waals surface area contributed by atoms with Crippen molar-refractivity contribution >= 4 is 17.3 Å². The summed E-state index contributed by atoms with van der Waals surface area (Å²) in [5, 5.41) is 0. The lowest BCUT2D eigenvalue weighted by atomic mass is 9.92. The van der Waals surface area contributed by atoms with Crippen molar-refractivity contribution in [1.29, 1.82) is 0 Å². The number of carbonyl (C=O) groups excluding carboxylic acids is 1. The van der Waals surface area contributed by atoms with E-state index >= 15 is 0 Å². The van der Waals surface area contributed by atoms with Gasteiger partial charge in [-0.3, -0.25) is 4.79 Å². The van der Waals surface area contributed by atoms with Gasteiger partial charge < -0.3 is 9.80 Å². The van der Waals surface area contributed by atoms with Crippen molar-refractivity contribution in [3.05, 3.63) is 71.8 Å². The number of carbonyl (C=O) groups is 1. The molecule has 2 aliphatic rings. The van der Waals surface area contributed by atoms with Crippen LogP contribution >= 0.6 is 0 Å². The van der Waals surface area contributed by atoms with E-state index in [1.807, 2.05) is 12.1 Å². The summed E-state index contributed by atoms with van der Waals surface area (Å²) in [5.74, 6) is 0.264. The van der Waals surface area contributed by atoms with Gasteiger partial charge in [0.25, 0.3) is 5.91 Å². The zero-order chi connectivity index (χ0) is 18.6. The molecule has 0 spiro atoms. The first kappa shape index (κ1) is 17.8. The van der Waals surface area contributed by atoms with Crippen molar-refractivity contribution in [2.45, 2.75) is 51.6 Å². The van der Waals surface area contributed by atoms with E-state index in [1.165, 1.54) is 12.0 Å². The van der Waals surface area contributed by atoms with Crippen molar-refractivity contribution < 1.29 is 4.79 Å². The third-order valence-electron chi connectivity index (χ3n) is 5.70. The highest BCUT2D eigenvalue weighted by Crippen LogP contribution is 2.42. The SMILES string of the molecule is CCCCN1C(=O)C2=C(CCCC2)[C@H]1N(c1ccccc1)c1ccccc1. The Morgan fingerprint density at radius 2 is 1.52 bits per heavy atom. The quantitative estimate of drug-likeness (QED) is 0.663. The van der Waals surface area contributed by atoms with Gasteiger partial charge in [0.1, 0.15) is 6.17 Å². The van der Waals surface area contributed by atoms with Crippen LogP contribution in [0.25, 0.3) is 0 Å². The first-order valence-corrected chi connectivity index (χ1v) is 10.2. The van der Waals surface area contributed by atoms with Gasteiger partial charge in [-0.25, -0.2) is 0 Å². The molecule has 1 atom stereocenters. The molecule has 3 nitrogen and oxygen atoms in total. The summed E-state index contributed by atoms with van der Waals surface area (Å²) in [5.41, 5.74) is 4.71. The molecule has 1 aliphatic carbocycles. The summed E-state index contributed by atoms with van der Waals surface area (Å²) in [4.78, 5) is 17.8. The fraction of sp³-hybridized carbons (Fsp3) is 0.375. The molecule has 3 heteroatoms. The molecule has 0 bridgehead atoms. The van der Waals surface area contributed by atoms with Crippen LogP contribution in [0.3, 0.4) is 0 Å². The Morgan fingerprint density at radius 1 is 0.926 bits per heavy atom. The number of anilines is 2. The zero-order valence-electron chi connectivity index (χ0n) is 16.1. The number of unbranched alkanes of at least 4 members (excludes halogenated alkanes) is 1. The molecule has 1 heterocycles. The smallest absolute Gasteiger partial charge is 0.251 e. The van der Waals surface area contributed by atoms with Crippen LogP contribution in [0, 0.1) is 0 Å². The highest BCUT2D eigenvalue weighted by atomic mass is 16.2. The molecule has 27 heavy (non-hydrogen) atoms. The van der Waals surface area contributed by atoms with Gasteiger partial charge in [0, 0.05) is 23.5 Å². The van der Waals surface area contributed by atoms with Gasteiger partial charge in [-0.2, -0.15) is 0 Å². The molecule has 1 aliphatic heterocycles. The Morgan fingerprint density at radius 3 is 2.11 bits per heavy atom. The van der Waals surface area contributed by atoms with Gasteiger partial charge in [-0.15, -0.1) is 0 Å². The maximum Gasteiger partial charge on any atom is 0.251 e. The fourth-order valence-corrected chi connectivity index (χ4v) is 4.39. The number of nitrogens with zero attached hydrogens (tertiary/aromatic N) is 2. The van der Waals surface area contributed by atoms with Crippen molar-refractivity contribution in [3.8, 4) is 0 Å². The number of benzene rings is 2. The zero-order valence-corrected chi connectivity index (χ0v) is 16.1. The number of amides is 1. The predicted molar refractivity (Wildman–Crippen MR) is 111 cm³/mol. The van der Waals surface area contributed by atoms with E-state index in [0.29, 0.717) is 0 Å². The van der Waals surface area contributed by atoms with Crippen LogP contribution in [0.15, 0.2) is 71.8 Å². The molecule has 0 saturated heterocycles. The second-order valence-corrected chi connectivity index (χ2v) is 7.48. The van der Waals surface area contributed by atoms with E-state index in [0.717, 1.165) is 55.6 Å². The minimum atomic E-state index is 0.00384. The molecule has 0 N–H and O–H groups in total. The van der Waals surface area contributed by atoms with Crippen LogP contribution in [0.5, 0.6) is 0 Å². The molecule has 2 aromatic rings. The lowest BCUT2D eigenvalue weighted by Gasteiger charge is -2.39. The first-order valence-electron chi connectivity index (χ1n) is 10.2. The third kappa shape index (κ3) is 3.39. The minimum absolute atomic E-state index is 0.00384. The Bertz CT molecular complexity index is 773. The van der Waals surface area contributed by atoms with Gasteiger partial charge in [0.05, 0.1) is 0 Å². The van der Waals surface area contributed by atoms with Crippen molar-refractivity contribution in [3.63, 3.8) is 0 Å². The molecule has 2 aromatic carbocycles. The molecule has 0 saturated carbocycles. The minimum Gasteiger partial charge on any atom is -0.317 e. The molecular formula is C24H28N2O. The highest BCUT2D eigenvalue weighted by molar-refractivity contribution is 5.99. The summed E-state index contributed by atoms with van der Waals surface area (Å²) in [6.07, 6.45) is 6.43. The summed E-state index contributed by atoms with van der Waals surface area (Å²) >= 11 is 0. The Hall–Kier alpha value is -2.55. The molecule has 0 unspecified atom stereocenters. The Balaban J connectivity index is 1.82. The second kappa shape index (κ2) is 7.99. The van der Waals surface area contributed by atoms with E-state index in [1.54, 1.807) is 0 Å². The first-order chi connectivity index (χ1) is 13.3. The average Bonchev–Trinajstić information content (AvgIpc) is 3.00. The summed E-state index contributed by atoms with van der Waals surface area (Å²) in [6, 6.07) is 21.0. The van der Waals surface area contributed by atoms with E-state index in [2.05, 4.69) is 65.3 Å². The number of rotatable bonds is 6. The number of hydrogen-bond donors (Lipinski definition) is 0. The predicted octanol–water partition coefficient (Wildman–Crippen LogP) is 5.66. The van der Waals surface area contributed by atoms with E-state index < -0.39 is 0 Å². The topological polar surface area (TPSA) is 23.6 Å². The van der Waals surface area contributed by atoms with Crippen LogP contribution in [0.4, 0.5) is 11.4 Å². The van der Waals surface area contributed by atoms with Gasteiger partial charge in [-0.05, 0) is 61.9 Å². The summed E-state index contributed by atoms with van der Waals surface area (Å²) in [6.45, 7) is 3.01. The van der Waals surface area contributed by atoms with E-state index in [-0.39, 0.29) is 12.1 Å². The summed E-state index contributed by atoms with van der Waals surface area (Å²) in [7, 11) is 0. The molecule has 4 rings (SSSR count). The standard InChI is InChI=1S/C24H28N2O/c1-2-3-18-25-23(21-16-10-11-17-22(21)24(25)27)26(19-12-6-4-7-13-19)20-14-8-5-9-15-20/h4-9,12-15,23H,2-3,10-11,16-18H2,1H3/t23-/m1/s1.